The number of rotatable bonds is 6. The summed E-state index contributed by atoms with van der Waals surface area (Å²) in [6, 6.07) is 15.0. The van der Waals surface area contributed by atoms with Crippen LogP contribution in [0.2, 0.25) is 5.02 Å². The number of carbonyl (C=O) groups is 1. The van der Waals surface area contributed by atoms with E-state index < -0.39 is 5.82 Å². The highest BCUT2D eigenvalue weighted by molar-refractivity contribution is 7.22. The van der Waals surface area contributed by atoms with Gasteiger partial charge < -0.3 is 4.74 Å². The first-order valence-corrected chi connectivity index (χ1v) is 9.92. The molecule has 0 aliphatic heterocycles. The summed E-state index contributed by atoms with van der Waals surface area (Å²) in [4.78, 5) is 23.1. The van der Waals surface area contributed by atoms with Gasteiger partial charge >= 0.3 is 0 Å². The molecule has 0 atom stereocenters. The van der Waals surface area contributed by atoms with Gasteiger partial charge in [0.15, 0.2) is 23.3 Å². The van der Waals surface area contributed by atoms with Crippen molar-refractivity contribution in [3.05, 3.63) is 83.4 Å². The molecule has 2 aromatic carbocycles. The Morgan fingerprint density at radius 1 is 1.17 bits per heavy atom. The number of halogens is 2. The van der Waals surface area contributed by atoms with Gasteiger partial charge in [0.05, 0.1) is 16.8 Å². The van der Waals surface area contributed by atoms with E-state index in [2.05, 4.69) is 9.97 Å². The Morgan fingerprint density at radius 2 is 2.03 bits per heavy atom. The molecule has 0 aliphatic carbocycles. The van der Waals surface area contributed by atoms with E-state index in [1.807, 2.05) is 6.07 Å². The molecule has 0 N–H and O–H groups in total. The first kappa shape index (κ1) is 19.3. The van der Waals surface area contributed by atoms with Crippen LogP contribution in [0.5, 0.6) is 5.75 Å². The molecule has 8 heteroatoms. The van der Waals surface area contributed by atoms with Gasteiger partial charge in [0.2, 0.25) is 0 Å². The summed E-state index contributed by atoms with van der Waals surface area (Å²) in [6.07, 6.45) is 3.35. The van der Waals surface area contributed by atoms with Crippen LogP contribution in [0.1, 0.15) is 5.56 Å². The van der Waals surface area contributed by atoms with Crippen molar-refractivity contribution in [1.29, 1.82) is 0 Å². The van der Waals surface area contributed by atoms with Crippen LogP contribution in [0.15, 0.2) is 67.0 Å². The molecule has 0 saturated heterocycles. The quantitative estimate of drug-likeness (QED) is 0.429. The van der Waals surface area contributed by atoms with Gasteiger partial charge in [-0.3, -0.25) is 14.7 Å². The van der Waals surface area contributed by atoms with Crippen LogP contribution >= 0.6 is 22.9 Å². The monoisotopic (exact) mass is 427 g/mol. The van der Waals surface area contributed by atoms with Gasteiger partial charge in [-0.2, -0.15) is 0 Å². The minimum Gasteiger partial charge on any atom is -0.481 e. The van der Waals surface area contributed by atoms with E-state index in [0.29, 0.717) is 10.2 Å². The number of hydrogen-bond donors (Lipinski definition) is 0. The van der Waals surface area contributed by atoms with Crippen LogP contribution in [0.3, 0.4) is 0 Å². The van der Waals surface area contributed by atoms with Gasteiger partial charge in [-0.15, -0.1) is 0 Å². The average molecular weight is 428 g/mol. The normalized spacial score (nSPS) is 10.8. The maximum absolute atomic E-state index is 13.8. The highest BCUT2D eigenvalue weighted by Gasteiger charge is 2.21. The molecule has 0 bridgehead atoms. The van der Waals surface area contributed by atoms with Gasteiger partial charge in [-0.1, -0.05) is 41.1 Å². The number of anilines is 1. The number of pyridine rings is 1. The summed E-state index contributed by atoms with van der Waals surface area (Å²) in [6.45, 7) is -0.0568. The Morgan fingerprint density at radius 3 is 2.83 bits per heavy atom. The molecule has 0 unspecified atom stereocenters. The van der Waals surface area contributed by atoms with Gasteiger partial charge in [0.1, 0.15) is 0 Å². The van der Waals surface area contributed by atoms with Crippen molar-refractivity contribution in [3.63, 3.8) is 0 Å². The van der Waals surface area contributed by atoms with Gasteiger partial charge in [0, 0.05) is 17.4 Å². The fourth-order valence-corrected chi connectivity index (χ4v) is 3.98. The zero-order valence-corrected chi connectivity index (χ0v) is 16.7. The van der Waals surface area contributed by atoms with Crippen molar-refractivity contribution in [3.8, 4) is 5.75 Å². The van der Waals surface area contributed by atoms with Crippen molar-refractivity contribution in [1.82, 2.24) is 9.97 Å². The second-order valence-electron chi connectivity index (χ2n) is 6.17. The van der Waals surface area contributed by atoms with E-state index in [1.165, 1.54) is 28.4 Å². The predicted octanol–water partition coefficient (Wildman–Crippen LogP) is 5.10. The van der Waals surface area contributed by atoms with Crippen LogP contribution in [0.25, 0.3) is 10.2 Å². The average Bonchev–Trinajstić information content (AvgIpc) is 3.14. The third kappa shape index (κ3) is 4.52. The van der Waals surface area contributed by atoms with Crippen LogP contribution in [0, 0.1) is 5.82 Å². The number of fused-ring (bicyclic) bond motifs is 1. The number of amides is 1. The van der Waals surface area contributed by atoms with E-state index in [0.717, 1.165) is 15.8 Å². The van der Waals surface area contributed by atoms with Crippen molar-refractivity contribution in [2.75, 3.05) is 11.5 Å². The summed E-state index contributed by atoms with van der Waals surface area (Å²) in [5, 5.41) is 1.11. The third-order valence-corrected chi connectivity index (χ3v) is 5.40. The van der Waals surface area contributed by atoms with Crippen molar-refractivity contribution in [2.45, 2.75) is 6.54 Å². The molecule has 4 rings (SSSR count). The smallest absolute Gasteiger partial charge is 0.267 e. The number of thiazole rings is 1. The Balaban J connectivity index is 1.61. The lowest BCUT2D eigenvalue weighted by Gasteiger charge is -2.20. The largest absolute Gasteiger partial charge is 0.481 e. The standard InChI is InChI=1S/C21H15ClFN3O2S/c22-15-7-8-17-19(10-15)29-21(25-17)26(12-14-4-3-9-24-11-14)20(27)13-28-18-6-2-1-5-16(18)23/h1-11H,12-13H2. The van der Waals surface area contributed by atoms with E-state index >= 15 is 0 Å². The SMILES string of the molecule is O=C(COc1ccccc1F)N(Cc1cccnc1)c1nc2ccc(Cl)cc2s1. The van der Waals surface area contributed by atoms with E-state index in [-0.39, 0.29) is 24.8 Å². The first-order valence-electron chi connectivity index (χ1n) is 8.73. The first-order chi connectivity index (χ1) is 14.1. The molecule has 0 radical (unpaired) electrons. The molecular weight excluding hydrogens is 413 g/mol. The van der Waals surface area contributed by atoms with Gasteiger partial charge in [-0.25, -0.2) is 9.37 Å². The third-order valence-electron chi connectivity index (χ3n) is 4.12. The maximum Gasteiger partial charge on any atom is 0.267 e. The number of ether oxygens (including phenoxy) is 1. The molecular formula is C21H15ClFN3O2S. The van der Waals surface area contributed by atoms with Crippen molar-refractivity contribution in [2.24, 2.45) is 0 Å². The molecule has 0 saturated carbocycles. The summed E-state index contributed by atoms with van der Waals surface area (Å²) in [7, 11) is 0. The fraction of sp³-hybridized carbons (Fsp3) is 0.0952. The number of carbonyl (C=O) groups excluding carboxylic acids is 1. The van der Waals surface area contributed by atoms with Gasteiger partial charge in [-0.05, 0) is 42.0 Å². The fourth-order valence-electron chi connectivity index (χ4n) is 2.72. The molecule has 146 valence electrons. The molecule has 1 amide bonds. The lowest BCUT2D eigenvalue weighted by atomic mass is 10.2. The highest BCUT2D eigenvalue weighted by Crippen LogP contribution is 2.31. The van der Waals surface area contributed by atoms with Crippen molar-refractivity contribution >= 4 is 44.2 Å². The Bertz CT molecular complexity index is 1150. The van der Waals surface area contributed by atoms with Crippen molar-refractivity contribution < 1.29 is 13.9 Å². The molecule has 2 aromatic heterocycles. The molecule has 5 nitrogen and oxygen atoms in total. The maximum atomic E-state index is 13.8. The van der Waals surface area contributed by atoms with Crippen LogP contribution < -0.4 is 9.64 Å². The summed E-state index contributed by atoms with van der Waals surface area (Å²) in [5.74, 6) is -0.839. The Labute approximate surface area is 175 Å². The second kappa shape index (κ2) is 8.55. The Kier molecular flexibility index (Phi) is 5.69. The number of nitrogens with zero attached hydrogens (tertiary/aromatic N) is 3. The molecule has 0 spiro atoms. The number of benzene rings is 2. The summed E-state index contributed by atoms with van der Waals surface area (Å²) < 4.78 is 20.1. The van der Waals surface area contributed by atoms with Crippen LogP contribution in [0.4, 0.5) is 9.52 Å². The summed E-state index contributed by atoms with van der Waals surface area (Å²) in [5.41, 5.74) is 1.58. The van der Waals surface area contributed by atoms with Crippen LogP contribution in [-0.4, -0.2) is 22.5 Å². The zero-order chi connectivity index (χ0) is 20.2. The predicted molar refractivity (Wildman–Crippen MR) is 112 cm³/mol. The molecule has 0 aliphatic rings. The van der Waals surface area contributed by atoms with Crippen LogP contribution in [-0.2, 0) is 11.3 Å². The van der Waals surface area contributed by atoms with Gasteiger partial charge in [0.25, 0.3) is 5.91 Å². The lowest BCUT2D eigenvalue weighted by Crippen LogP contribution is -2.34. The lowest BCUT2D eigenvalue weighted by molar-refractivity contribution is -0.120. The molecule has 0 fully saturated rings. The molecule has 2 heterocycles. The number of para-hydroxylation sites is 1. The Hall–Kier alpha value is -3.03. The number of aromatic nitrogens is 2. The minimum atomic E-state index is -0.520. The minimum absolute atomic E-state index is 0.0262. The summed E-state index contributed by atoms with van der Waals surface area (Å²) >= 11 is 7.42. The van der Waals surface area contributed by atoms with E-state index in [9.17, 15) is 9.18 Å². The highest BCUT2D eigenvalue weighted by atomic mass is 35.5. The second-order valence-corrected chi connectivity index (χ2v) is 7.61. The number of hydrogen-bond acceptors (Lipinski definition) is 5. The van der Waals surface area contributed by atoms with E-state index in [1.54, 1.807) is 48.8 Å². The van der Waals surface area contributed by atoms with E-state index in [4.69, 9.17) is 16.3 Å². The molecule has 29 heavy (non-hydrogen) atoms. The topological polar surface area (TPSA) is 55.3 Å². The molecule has 4 aromatic rings. The zero-order valence-electron chi connectivity index (χ0n) is 15.1.